The molecule has 0 aliphatic heterocycles. The Labute approximate surface area is 160 Å². The molecule has 0 spiro atoms. The van der Waals surface area contributed by atoms with Crippen molar-refractivity contribution in [1.29, 1.82) is 0 Å². The Kier molecular flexibility index (Phi) is 6.75. The zero-order valence-electron chi connectivity index (χ0n) is 15.3. The number of hydrogen-bond donors (Lipinski definition) is 3. The maximum Gasteiger partial charge on any atom is 0.239 e. The Morgan fingerprint density at radius 3 is 1.96 bits per heavy atom. The zero-order valence-corrected chi connectivity index (χ0v) is 16.1. The van der Waals surface area contributed by atoms with Crippen LogP contribution in [0, 0.1) is 0 Å². The van der Waals surface area contributed by atoms with Gasteiger partial charge in [0.25, 0.3) is 0 Å². The molecule has 0 aliphatic rings. The summed E-state index contributed by atoms with van der Waals surface area (Å²) in [6.45, 7) is 0. The molecule has 7 heteroatoms. The summed E-state index contributed by atoms with van der Waals surface area (Å²) in [5, 5.41) is 10.6. The second-order valence-corrected chi connectivity index (χ2v) is 9.24. The van der Waals surface area contributed by atoms with Gasteiger partial charge in [0.15, 0.2) is 14.6 Å². The van der Waals surface area contributed by atoms with Crippen LogP contribution in [-0.2, 0) is 27.5 Å². The van der Waals surface area contributed by atoms with Crippen LogP contribution in [0.25, 0.3) is 0 Å². The first-order valence-corrected chi connectivity index (χ1v) is 10.6. The standard InChI is InChI=1S/C20H26N2O4S/c1-27(25,26)20(19(22)24,13-16-10-6-3-7-11-16)14-18(23)17(21)12-15-8-4-2-5-9-15/h2-11,17-18,23H,12-14,21H2,1H3,(H2,22,24)/t17-,18-,20+/m0/s1. The van der Waals surface area contributed by atoms with E-state index in [0.29, 0.717) is 12.0 Å². The summed E-state index contributed by atoms with van der Waals surface area (Å²) in [5.74, 6) is -0.986. The molecule has 2 aromatic rings. The number of benzene rings is 2. The molecule has 5 N–H and O–H groups in total. The lowest BCUT2D eigenvalue weighted by Crippen LogP contribution is -2.56. The summed E-state index contributed by atoms with van der Waals surface area (Å²) in [6, 6.07) is 17.3. The number of carbonyl (C=O) groups excluding carboxylic acids is 1. The highest BCUT2D eigenvalue weighted by atomic mass is 32.2. The van der Waals surface area contributed by atoms with E-state index in [9.17, 15) is 18.3 Å². The van der Waals surface area contributed by atoms with Crippen molar-refractivity contribution in [1.82, 2.24) is 0 Å². The number of sulfone groups is 1. The number of primary amides is 1. The SMILES string of the molecule is CS(=O)(=O)[C@](Cc1ccccc1)(C[C@H](O)[C@@H](N)Cc1ccccc1)C(N)=O. The molecule has 0 fully saturated rings. The van der Waals surface area contributed by atoms with Gasteiger partial charge in [-0.15, -0.1) is 0 Å². The number of hydrogen-bond acceptors (Lipinski definition) is 5. The van der Waals surface area contributed by atoms with Gasteiger partial charge in [0.05, 0.1) is 6.10 Å². The summed E-state index contributed by atoms with van der Waals surface area (Å²) in [7, 11) is -3.92. The summed E-state index contributed by atoms with van der Waals surface area (Å²) in [6.07, 6.45) is -0.361. The molecule has 146 valence electrons. The number of amides is 1. The highest BCUT2D eigenvalue weighted by molar-refractivity contribution is 7.92. The Balaban J connectivity index is 2.29. The van der Waals surface area contributed by atoms with Crippen LogP contribution in [0.15, 0.2) is 60.7 Å². The lowest BCUT2D eigenvalue weighted by molar-refractivity contribution is -0.121. The molecule has 3 atom stereocenters. The predicted octanol–water partition coefficient (Wildman–Crippen LogP) is 0.819. The Morgan fingerprint density at radius 1 is 1.04 bits per heavy atom. The molecule has 27 heavy (non-hydrogen) atoms. The van der Waals surface area contributed by atoms with Gasteiger partial charge in [-0.1, -0.05) is 60.7 Å². The van der Waals surface area contributed by atoms with Crippen molar-refractivity contribution >= 4 is 15.7 Å². The summed E-state index contributed by atoms with van der Waals surface area (Å²) in [4.78, 5) is 12.3. The van der Waals surface area contributed by atoms with Crippen LogP contribution in [0.3, 0.4) is 0 Å². The molecule has 0 aromatic heterocycles. The van der Waals surface area contributed by atoms with Crippen LogP contribution in [0.2, 0.25) is 0 Å². The molecule has 0 unspecified atom stereocenters. The van der Waals surface area contributed by atoms with Crippen LogP contribution < -0.4 is 11.5 Å². The van der Waals surface area contributed by atoms with E-state index in [1.165, 1.54) is 0 Å². The molecule has 0 saturated carbocycles. The Morgan fingerprint density at radius 2 is 1.52 bits per heavy atom. The van der Waals surface area contributed by atoms with Gasteiger partial charge >= 0.3 is 0 Å². The van der Waals surface area contributed by atoms with E-state index in [2.05, 4.69) is 0 Å². The van der Waals surface area contributed by atoms with Crippen molar-refractivity contribution in [2.45, 2.75) is 36.2 Å². The average molecular weight is 391 g/mol. The number of rotatable bonds is 9. The summed E-state index contributed by atoms with van der Waals surface area (Å²) in [5.41, 5.74) is 13.2. The van der Waals surface area contributed by atoms with E-state index in [4.69, 9.17) is 11.5 Å². The minimum absolute atomic E-state index is 0.114. The second-order valence-electron chi connectivity index (χ2n) is 6.92. The molecular weight excluding hydrogens is 364 g/mol. The molecule has 0 bridgehead atoms. The lowest BCUT2D eigenvalue weighted by atomic mass is 9.88. The smallest absolute Gasteiger partial charge is 0.239 e. The van der Waals surface area contributed by atoms with Crippen molar-refractivity contribution in [3.05, 3.63) is 71.8 Å². The zero-order chi connectivity index (χ0) is 20.1. The van der Waals surface area contributed by atoms with Crippen LogP contribution >= 0.6 is 0 Å². The van der Waals surface area contributed by atoms with Crippen LogP contribution in [0.5, 0.6) is 0 Å². The van der Waals surface area contributed by atoms with Crippen molar-refractivity contribution in [2.24, 2.45) is 11.5 Å². The van der Waals surface area contributed by atoms with Crippen LogP contribution in [0.4, 0.5) is 0 Å². The third-order valence-corrected chi connectivity index (χ3v) is 6.77. The van der Waals surface area contributed by atoms with E-state index in [1.807, 2.05) is 30.3 Å². The average Bonchev–Trinajstić information content (AvgIpc) is 2.61. The minimum Gasteiger partial charge on any atom is -0.391 e. The number of aliphatic hydroxyl groups excluding tert-OH is 1. The van der Waals surface area contributed by atoms with Crippen molar-refractivity contribution in [3.8, 4) is 0 Å². The van der Waals surface area contributed by atoms with Crippen molar-refractivity contribution < 1.29 is 18.3 Å². The fraction of sp³-hybridized carbons (Fsp3) is 0.350. The van der Waals surface area contributed by atoms with E-state index >= 15 is 0 Å². The van der Waals surface area contributed by atoms with Gasteiger partial charge in [0.1, 0.15) is 0 Å². The van der Waals surface area contributed by atoms with Gasteiger partial charge in [-0.05, 0) is 17.5 Å². The van der Waals surface area contributed by atoms with Crippen molar-refractivity contribution in [3.63, 3.8) is 0 Å². The molecule has 0 saturated heterocycles. The molecule has 2 aromatic carbocycles. The third-order valence-electron chi connectivity index (χ3n) is 4.84. The summed E-state index contributed by atoms with van der Waals surface area (Å²) >= 11 is 0. The van der Waals surface area contributed by atoms with Gasteiger partial charge in [0, 0.05) is 25.1 Å². The molecule has 0 aliphatic carbocycles. The fourth-order valence-corrected chi connectivity index (χ4v) is 4.43. The van der Waals surface area contributed by atoms with Crippen molar-refractivity contribution in [2.75, 3.05) is 6.26 Å². The monoisotopic (exact) mass is 390 g/mol. The lowest BCUT2D eigenvalue weighted by Gasteiger charge is -2.32. The predicted molar refractivity (Wildman–Crippen MR) is 106 cm³/mol. The van der Waals surface area contributed by atoms with Gasteiger partial charge in [0.2, 0.25) is 5.91 Å². The maximum atomic E-state index is 12.6. The highest BCUT2D eigenvalue weighted by Crippen LogP contribution is 2.29. The van der Waals surface area contributed by atoms with Crippen LogP contribution in [-0.4, -0.2) is 42.6 Å². The Hall–Kier alpha value is -2.22. The molecular formula is C20H26N2O4S. The molecule has 2 rings (SSSR count). The molecule has 6 nitrogen and oxygen atoms in total. The topological polar surface area (TPSA) is 123 Å². The molecule has 0 radical (unpaired) electrons. The van der Waals surface area contributed by atoms with Gasteiger partial charge < -0.3 is 16.6 Å². The third kappa shape index (κ3) is 5.15. The number of aliphatic hydroxyl groups is 1. The van der Waals surface area contributed by atoms with E-state index < -0.39 is 32.6 Å². The quantitative estimate of drug-likeness (QED) is 0.585. The van der Waals surface area contributed by atoms with E-state index in [-0.39, 0.29) is 12.8 Å². The first kappa shape index (κ1) is 21.1. The molecule has 0 heterocycles. The first-order valence-electron chi connectivity index (χ1n) is 8.67. The van der Waals surface area contributed by atoms with Crippen LogP contribution in [0.1, 0.15) is 17.5 Å². The Bertz CT molecular complexity index is 856. The van der Waals surface area contributed by atoms with E-state index in [1.54, 1.807) is 30.3 Å². The first-order chi connectivity index (χ1) is 12.7. The largest absolute Gasteiger partial charge is 0.391 e. The van der Waals surface area contributed by atoms with Gasteiger partial charge in [-0.25, -0.2) is 8.42 Å². The normalized spacial score (nSPS) is 16.3. The molecule has 1 amide bonds. The second kappa shape index (κ2) is 8.65. The van der Waals surface area contributed by atoms with E-state index in [0.717, 1.165) is 11.8 Å². The summed E-state index contributed by atoms with van der Waals surface area (Å²) < 4.78 is 23.2. The number of nitrogens with two attached hydrogens (primary N) is 2. The maximum absolute atomic E-state index is 12.6. The minimum atomic E-state index is -3.92. The number of carbonyl (C=O) groups is 1. The van der Waals surface area contributed by atoms with Gasteiger partial charge in [-0.3, -0.25) is 4.79 Å². The fourth-order valence-electron chi connectivity index (χ4n) is 3.16. The van der Waals surface area contributed by atoms with Gasteiger partial charge in [-0.2, -0.15) is 0 Å². The highest BCUT2D eigenvalue weighted by Gasteiger charge is 2.48.